The van der Waals surface area contributed by atoms with Gasteiger partial charge in [0.1, 0.15) is 6.04 Å². The summed E-state index contributed by atoms with van der Waals surface area (Å²) in [5.41, 5.74) is 6.65. The van der Waals surface area contributed by atoms with Crippen LogP contribution in [0.4, 0.5) is 16.7 Å². The van der Waals surface area contributed by atoms with Crippen molar-refractivity contribution < 1.29 is 9.59 Å². The summed E-state index contributed by atoms with van der Waals surface area (Å²) in [6, 6.07) is 8.46. The van der Waals surface area contributed by atoms with Crippen LogP contribution in [-0.2, 0) is 17.8 Å². The fourth-order valence-corrected chi connectivity index (χ4v) is 2.55. The monoisotopic (exact) mass is 341 g/mol. The smallest absolute Gasteiger partial charge is 0.325 e. The molecule has 1 aromatic carbocycles. The van der Waals surface area contributed by atoms with Crippen molar-refractivity contribution in [3.05, 3.63) is 41.7 Å². The van der Waals surface area contributed by atoms with Gasteiger partial charge in [0.2, 0.25) is 11.9 Å². The summed E-state index contributed by atoms with van der Waals surface area (Å²) < 4.78 is 0. The Labute approximate surface area is 144 Å². The fraction of sp³-hybridized carbons (Fsp3) is 0.312. The Morgan fingerprint density at radius 3 is 2.56 bits per heavy atom. The van der Waals surface area contributed by atoms with Crippen LogP contribution in [0.1, 0.15) is 11.4 Å². The van der Waals surface area contributed by atoms with E-state index in [9.17, 15) is 9.59 Å². The number of aromatic nitrogens is 3. The Hall–Kier alpha value is -3.23. The van der Waals surface area contributed by atoms with E-state index in [1.807, 2.05) is 30.3 Å². The van der Waals surface area contributed by atoms with Gasteiger partial charge in [0.25, 0.3) is 5.91 Å². The largest absolute Gasteiger partial charge is 0.368 e. The molecule has 1 aromatic heterocycles. The second-order valence-electron chi connectivity index (χ2n) is 5.92. The molecule has 2 heterocycles. The van der Waals surface area contributed by atoms with Gasteiger partial charge in [-0.15, -0.1) is 0 Å². The number of anilines is 2. The van der Waals surface area contributed by atoms with E-state index in [1.165, 1.54) is 0 Å². The first-order valence-corrected chi connectivity index (χ1v) is 7.77. The number of benzene rings is 1. The third kappa shape index (κ3) is 3.65. The Kier molecular flexibility index (Phi) is 4.46. The first kappa shape index (κ1) is 16.6. The van der Waals surface area contributed by atoms with Gasteiger partial charge in [0.05, 0.1) is 6.54 Å². The third-order valence-electron chi connectivity index (χ3n) is 3.78. The lowest BCUT2D eigenvalue weighted by molar-refractivity contribution is -0.127. The van der Waals surface area contributed by atoms with Gasteiger partial charge in [-0.1, -0.05) is 30.3 Å². The summed E-state index contributed by atoms with van der Waals surface area (Å²) in [5.74, 6) is 0.372. The molecule has 2 aromatic rings. The van der Waals surface area contributed by atoms with Crippen LogP contribution in [-0.4, -0.2) is 51.9 Å². The molecule has 25 heavy (non-hydrogen) atoms. The van der Waals surface area contributed by atoms with Crippen molar-refractivity contribution in [1.82, 2.24) is 25.2 Å². The summed E-state index contributed by atoms with van der Waals surface area (Å²) in [4.78, 5) is 39.7. The minimum atomic E-state index is -0.595. The van der Waals surface area contributed by atoms with E-state index in [1.54, 1.807) is 19.0 Å². The Balaban J connectivity index is 1.75. The number of amides is 3. The number of nitrogen functional groups attached to an aromatic ring is 1. The SMILES string of the molecule is CN(C)c1nc(N)nc(CN2C(=O)N[C@@H](Cc3ccccc3)C2=O)n1. The predicted molar refractivity (Wildman–Crippen MR) is 91.6 cm³/mol. The molecule has 9 heteroatoms. The van der Waals surface area contributed by atoms with Gasteiger partial charge in [-0.3, -0.25) is 9.69 Å². The highest BCUT2D eigenvalue weighted by molar-refractivity contribution is 6.04. The maximum Gasteiger partial charge on any atom is 0.325 e. The third-order valence-corrected chi connectivity index (χ3v) is 3.78. The number of urea groups is 1. The predicted octanol–water partition coefficient (Wildman–Crippen LogP) is 0.183. The number of nitrogens with zero attached hydrogens (tertiary/aromatic N) is 5. The molecule has 1 aliphatic rings. The van der Waals surface area contributed by atoms with Crippen LogP contribution in [0, 0.1) is 0 Å². The minimum absolute atomic E-state index is 0.0431. The van der Waals surface area contributed by atoms with E-state index in [0.717, 1.165) is 10.5 Å². The van der Waals surface area contributed by atoms with E-state index < -0.39 is 12.1 Å². The first-order chi connectivity index (χ1) is 11.9. The fourth-order valence-electron chi connectivity index (χ4n) is 2.55. The Bertz CT molecular complexity index is 794. The number of hydrogen-bond donors (Lipinski definition) is 2. The van der Waals surface area contributed by atoms with Crippen molar-refractivity contribution in [2.24, 2.45) is 0 Å². The average molecular weight is 341 g/mol. The Morgan fingerprint density at radius 1 is 1.16 bits per heavy atom. The molecule has 1 saturated heterocycles. The number of nitrogens with one attached hydrogen (secondary N) is 1. The van der Waals surface area contributed by atoms with E-state index in [4.69, 9.17) is 5.73 Å². The molecule has 0 saturated carbocycles. The summed E-state index contributed by atoms with van der Waals surface area (Å²) >= 11 is 0. The highest BCUT2D eigenvalue weighted by Gasteiger charge is 2.38. The maximum atomic E-state index is 12.6. The highest BCUT2D eigenvalue weighted by atomic mass is 16.2. The summed E-state index contributed by atoms with van der Waals surface area (Å²) in [7, 11) is 3.53. The van der Waals surface area contributed by atoms with Gasteiger partial charge in [-0.2, -0.15) is 15.0 Å². The van der Waals surface area contributed by atoms with Crippen molar-refractivity contribution >= 4 is 23.8 Å². The molecule has 3 amide bonds. The van der Waals surface area contributed by atoms with Crippen molar-refractivity contribution in [2.75, 3.05) is 24.7 Å². The molecule has 0 spiro atoms. The highest BCUT2D eigenvalue weighted by Crippen LogP contribution is 2.15. The number of hydrogen-bond acceptors (Lipinski definition) is 7. The zero-order valence-corrected chi connectivity index (χ0v) is 14.0. The lowest BCUT2D eigenvalue weighted by Crippen LogP contribution is -2.33. The molecule has 9 nitrogen and oxygen atoms in total. The Morgan fingerprint density at radius 2 is 1.88 bits per heavy atom. The molecular formula is C16H19N7O2. The van der Waals surface area contributed by atoms with Gasteiger partial charge in [-0.05, 0) is 5.56 Å². The quantitative estimate of drug-likeness (QED) is 0.745. The zero-order valence-electron chi connectivity index (χ0n) is 14.0. The number of rotatable bonds is 5. The maximum absolute atomic E-state index is 12.6. The molecule has 0 unspecified atom stereocenters. The zero-order chi connectivity index (χ0) is 18.0. The molecule has 3 N–H and O–H groups in total. The van der Waals surface area contributed by atoms with E-state index in [-0.39, 0.29) is 24.2 Å². The van der Waals surface area contributed by atoms with Crippen LogP contribution >= 0.6 is 0 Å². The molecule has 0 bridgehead atoms. The van der Waals surface area contributed by atoms with Gasteiger partial charge >= 0.3 is 6.03 Å². The van der Waals surface area contributed by atoms with Crippen molar-refractivity contribution in [2.45, 2.75) is 19.0 Å². The van der Waals surface area contributed by atoms with Crippen LogP contribution in [0.5, 0.6) is 0 Å². The van der Waals surface area contributed by atoms with Gasteiger partial charge in [0, 0.05) is 20.5 Å². The normalized spacial score (nSPS) is 16.9. The summed E-state index contributed by atoms with van der Waals surface area (Å²) in [5, 5.41) is 2.70. The molecule has 0 aliphatic carbocycles. The van der Waals surface area contributed by atoms with Crippen LogP contribution < -0.4 is 16.0 Å². The molecule has 1 atom stereocenters. The number of carbonyl (C=O) groups is 2. The average Bonchev–Trinajstić information content (AvgIpc) is 2.83. The van der Waals surface area contributed by atoms with Gasteiger partial charge in [-0.25, -0.2) is 4.79 Å². The lowest BCUT2D eigenvalue weighted by atomic mass is 10.1. The van der Waals surface area contributed by atoms with Crippen LogP contribution in [0.15, 0.2) is 30.3 Å². The summed E-state index contributed by atoms with van der Waals surface area (Å²) in [6.07, 6.45) is 0.435. The number of imide groups is 1. The lowest BCUT2D eigenvalue weighted by Gasteiger charge is -2.15. The standard InChI is InChI=1S/C16H19N7O2/c1-22(2)15-20-12(19-14(17)21-15)9-23-13(24)11(18-16(23)25)8-10-6-4-3-5-7-10/h3-7,11H,8-9H2,1-2H3,(H,18,25)(H2,17,19,20,21)/t11-/m0/s1. The van der Waals surface area contributed by atoms with Crippen LogP contribution in [0.2, 0.25) is 0 Å². The molecule has 3 rings (SSSR count). The summed E-state index contributed by atoms with van der Waals surface area (Å²) in [6.45, 7) is -0.0521. The second kappa shape index (κ2) is 6.71. The molecule has 1 aliphatic heterocycles. The minimum Gasteiger partial charge on any atom is -0.368 e. The topological polar surface area (TPSA) is 117 Å². The van der Waals surface area contributed by atoms with Crippen molar-refractivity contribution in [1.29, 1.82) is 0 Å². The van der Waals surface area contributed by atoms with E-state index in [0.29, 0.717) is 12.4 Å². The molecule has 130 valence electrons. The molecule has 1 fully saturated rings. The number of nitrogens with two attached hydrogens (primary N) is 1. The van der Waals surface area contributed by atoms with E-state index >= 15 is 0 Å². The van der Waals surface area contributed by atoms with Crippen LogP contribution in [0.25, 0.3) is 0 Å². The van der Waals surface area contributed by atoms with Gasteiger partial charge < -0.3 is 16.0 Å². The number of carbonyl (C=O) groups excluding carboxylic acids is 2. The molecule has 0 radical (unpaired) electrons. The molecular weight excluding hydrogens is 322 g/mol. The second-order valence-corrected chi connectivity index (χ2v) is 5.92. The van der Waals surface area contributed by atoms with Crippen LogP contribution in [0.3, 0.4) is 0 Å². The van der Waals surface area contributed by atoms with Crippen molar-refractivity contribution in [3.8, 4) is 0 Å². The van der Waals surface area contributed by atoms with Gasteiger partial charge in [0.15, 0.2) is 5.82 Å². The van der Waals surface area contributed by atoms with Crippen molar-refractivity contribution in [3.63, 3.8) is 0 Å². The first-order valence-electron chi connectivity index (χ1n) is 7.77. The van der Waals surface area contributed by atoms with E-state index in [2.05, 4.69) is 20.3 Å².